The van der Waals surface area contributed by atoms with Crippen LogP contribution in [0.5, 0.6) is 0 Å². The van der Waals surface area contributed by atoms with Gasteiger partial charge in [-0.25, -0.2) is 4.79 Å². The molecule has 0 fully saturated rings. The predicted molar refractivity (Wildman–Crippen MR) is 66.2 cm³/mol. The molecule has 0 unspecified atom stereocenters. The van der Waals surface area contributed by atoms with Gasteiger partial charge in [-0.15, -0.1) is 0 Å². The van der Waals surface area contributed by atoms with Gasteiger partial charge in [-0.3, -0.25) is 4.98 Å². The second kappa shape index (κ2) is 4.35. The van der Waals surface area contributed by atoms with Crippen LogP contribution >= 0.6 is 0 Å². The highest BCUT2D eigenvalue weighted by Crippen LogP contribution is 2.21. The number of aromatic nitrogens is 1. The molecule has 0 saturated heterocycles. The number of hydrogen-bond acceptors (Lipinski definition) is 4. The van der Waals surface area contributed by atoms with Crippen molar-refractivity contribution in [3.05, 3.63) is 23.5 Å². The molecule has 92 valence electrons. The van der Waals surface area contributed by atoms with Crippen LogP contribution in [0.3, 0.4) is 0 Å². The lowest BCUT2D eigenvalue weighted by Gasteiger charge is -2.21. The third kappa shape index (κ3) is 2.96. The lowest BCUT2D eigenvalue weighted by molar-refractivity contribution is 0.00691. The van der Waals surface area contributed by atoms with Gasteiger partial charge in [-0.2, -0.15) is 0 Å². The molecule has 4 heteroatoms. The first-order valence-electron chi connectivity index (χ1n) is 5.92. The van der Waals surface area contributed by atoms with Gasteiger partial charge in [-0.1, -0.05) is 0 Å². The first kappa shape index (κ1) is 11.9. The van der Waals surface area contributed by atoms with Crippen LogP contribution in [0.25, 0.3) is 0 Å². The number of pyridine rings is 1. The predicted octanol–water partition coefficient (Wildman–Crippen LogP) is 2.40. The first-order valence-corrected chi connectivity index (χ1v) is 5.92. The Morgan fingerprint density at radius 1 is 1.47 bits per heavy atom. The Labute approximate surface area is 101 Å². The van der Waals surface area contributed by atoms with Gasteiger partial charge in [0.25, 0.3) is 0 Å². The molecule has 2 rings (SSSR count). The molecule has 17 heavy (non-hydrogen) atoms. The van der Waals surface area contributed by atoms with Crippen molar-refractivity contribution >= 4 is 11.7 Å². The number of carbonyl (C=O) groups is 1. The number of aryl methyl sites for hydroxylation is 1. The van der Waals surface area contributed by atoms with E-state index in [0.717, 1.165) is 30.8 Å². The van der Waals surface area contributed by atoms with Gasteiger partial charge in [0.2, 0.25) is 0 Å². The quantitative estimate of drug-likeness (QED) is 0.758. The maximum absolute atomic E-state index is 11.9. The number of esters is 1. The zero-order valence-corrected chi connectivity index (χ0v) is 10.5. The third-order valence-electron chi connectivity index (χ3n) is 2.51. The Bertz CT molecular complexity index is 436. The molecule has 0 amide bonds. The van der Waals surface area contributed by atoms with Crippen molar-refractivity contribution in [1.29, 1.82) is 0 Å². The largest absolute Gasteiger partial charge is 0.456 e. The lowest BCUT2D eigenvalue weighted by Crippen LogP contribution is -2.24. The van der Waals surface area contributed by atoms with E-state index in [2.05, 4.69) is 10.3 Å². The van der Waals surface area contributed by atoms with Crippen LogP contribution in [0, 0.1) is 0 Å². The summed E-state index contributed by atoms with van der Waals surface area (Å²) in [7, 11) is 0. The van der Waals surface area contributed by atoms with Crippen molar-refractivity contribution in [2.75, 3.05) is 11.9 Å². The second-order valence-electron chi connectivity index (χ2n) is 5.25. The zero-order valence-electron chi connectivity index (χ0n) is 10.5. The number of ether oxygens (including phenoxy) is 1. The van der Waals surface area contributed by atoms with Crippen molar-refractivity contribution in [3.8, 4) is 0 Å². The van der Waals surface area contributed by atoms with E-state index in [4.69, 9.17) is 4.74 Å². The topological polar surface area (TPSA) is 51.2 Å². The van der Waals surface area contributed by atoms with Gasteiger partial charge in [0, 0.05) is 12.7 Å². The van der Waals surface area contributed by atoms with Crippen LogP contribution in [-0.4, -0.2) is 23.1 Å². The maximum atomic E-state index is 11.9. The Kier molecular flexibility index (Phi) is 3.05. The summed E-state index contributed by atoms with van der Waals surface area (Å²) in [4.78, 5) is 16.2. The average Bonchev–Trinajstić information content (AvgIpc) is 2.26. The molecule has 0 radical (unpaired) electrons. The molecule has 0 aromatic carbocycles. The molecule has 4 nitrogen and oxygen atoms in total. The molecule has 1 aromatic heterocycles. The summed E-state index contributed by atoms with van der Waals surface area (Å²) in [6.45, 7) is 6.51. The molecule has 0 atom stereocenters. The monoisotopic (exact) mass is 234 g/mol. The highest BCUT2D eigenvalue weighted by Gasteiger charge is 2.20. The van der Waals surface area contributed by atoms with E-state index < -0.39 is 5.60 Å². The van der Waals surface area contributed by atoms with Gasteiger partial charge >= 0.3 is 5.97 Å². The number of rotatable bonds is 1. The lowest BCUT2D eigenvalue weighted by atomic mass is 10.1. The van der Waals surface area contributed by atoms with Crippen LogP contribution in [-0.2, 0) is 11.2 Å². The molecule has 1 aromatic rings. The van der Waals surface area contributed by atoms with Crippen LogP contribution in [0.15, 0.2) is 12.3 Å². The Morgan fingerprint density at radius 3 is 2.94 bits per heavy atom. The van der Waals surface area contributed by atoms with Gasteiger partial charge in [-0.05, 0) is 39.7 Å². The summed E-state index contributed by atoms with van der Waals surface area (Å²) in [5, 5.41) is 3.25. The van der Waals surface area contributed by atoms with Crippen molar-refractivity contribution < 1.29 is 9.53 Å². The van der Waals surface area contributed by atoms with E-state index in [9.17, 15) is 4.79 Å². The minimum absolute atomic E-state index is 0.319. The van der Waals surface area contributed by atoms with Crippen molar-refractivity contribution in [1.82, 2.24) is 4.98 Å². The Hall–Kier alpha value is -1.58. The molecular formula is C13H18N2O2. The number of fused-ring (bicyclic) bond motifs is 1. The average molecular weight is 234 g/mol. The fourth-order valence-corrected chi connectivity index (χ4v) is 1.77. The molecule has 1 aliphatic rings. The van der Waals surface area contributed by atoms with E-state index in [-0.39, 0.29) is 5.97 Å². The molecule has 2 heterocycles. The summed E-state index contributed by atoms with van der Waals surface area (Å²) in [5.74, 6) is -0.319. The van der Waals surface area contributed by atoms with Crippen molar-refractivity contribution in [2.45, 2.75) is 39.2 Å². The molecule has 0 spiro atoms. The van der Waals surface area contributed by atoms with Crippen LogP contribution in [0.2, 0.25) is 0 Å². The number of anilines is 1. The highest BCUT2D eigenvalue weighted by atomic mass is 16.6. The molecule has 0 saturated carbocycles. The van der Waals surface area contributed by atoms with E-state index in [0.29, 0.717) is 5.56 Å². The summed E-state index contributed by atoms with van der Waals surface area (Å²) < 4.78 is 5.31. The normalized spacial score (nSPS) is 14.8. The number of nitrogens with one attached hydrogen (secondary N) is 1. The summed E-state index contributed by atoms with van der Waals surface area (Å²) >= 11 is 0. The van der Waals surface area contributed by atoms with Gasteiger partial charge in [0.1, 0.15) is 5.60 Å². The minimum atomic E-state index is -0.472. The van der Waals surface area contributed by atoms with E-state index >= 15 is 0 Å². The van der Waals surface area contributed by atoms with Crippen LogP contribution in [0.1, 0.15) is 43.2 Å². The summed E-state index contributed by atoms with van der Waals surface area (Å²) in [5.41, 5.74) is 2.02. The van der Waals surface area contributed by atoms with Crippen molar-refractivity contribution in [2.24, 2.45) is 0 Å². The number of nitrogens with zero attached hydrogens (tertiary/aromatic N) is 1. The fourth-order valence-electron chi connectivity index (χ4n) is 1.77. The van der Waals surface area contributed by atoms with Crippen LogP contribution in [0.4, 0.5) is 5.69 Å². The van der Waals surface area contributed by atoms with Gasteiger partial charge in [0.15, 0.2) is 0 Å². The summed E-state index contributed by atoms with van der Waals surface area (Å²) in [6, 6.07) is 1.83. The van der Waals surface area contributed by atoms with E-state index in [1.165, 1.54) is 0 Å². The highest BCUT2D eigenvalue weighted by molar-refractivity contribution is 5.90. The summed E-state index contributed by atoms with van der Waals surface area (Å²) in [6.07, 6.45) is 3.66. The molecule has 0 bridgehead atoms. The van der Waals surface area contributed by atoms with E-state index in [1.54, 1.807) is 6.20 Å². The van der Waals surface area contributed by atoms with Gasteiger partial charge < -0.3 is 10.1 Å². The SMILES string of the molecule is CC(C)(C)OC(=O)c1cnc2c(c1)NCCC2. The fraction of sp³-hybridized carbons (Fsp3) is 0.538. The minimum Gasteiger partial charge on any atom is -0.456 e. The number of hydrogen-bond donors (Lipinski definition) is 1. The number of carbonyl (C=O) groups excluding carboxylic acids is 1. The Balaban J connectivity index is 2.19. The zero-order chi connectivity index (χ0) is 12.5. The first-order chi connectivity index (χ1) is 7.96. The molecule has 1 aliphatic heterocycles. The third-order valence-corrected chi connectivity index (χ3v) is 2.51. The smallest absolute Gasteiger partial charge is 0.340 e. The molecule has 1 N–H and O–H groups in total. The Morgan fingerprint density at radius 2 is 2.24 bits per heavy atom. The molecular weight excluding hydrogens is 216 g/mol. The van der Waals surface area contributed by atoms with Crippen molar-refractivity contribution in [3.63, 3.8) is 0 Å². The second-order valence-corrected chi connectivity index (χ2v) is 5.25. The maximum Gasteiger partial charge on any atom is 0.340 e. The standard InChI is InChI=1S/C13H18N2O2/c1-13(2,3)17-12(16)9-7-11-10(15-8-9)5-4-6-14-11/h7-8,14H,4-6H2,1-3H3. The molecule has 0 aliphatic carbocycles. The van der Waals surface area contributed by atoms with Crippen LogP contribution < -0.4 is 5.32 Å². The van der Waals surface area contributed by atoms with E-state index in [1.807, 2.05) is 26.8 Å². The van der Waals surface area contributed by atoms with Gasteiger partial charge in [0.05, 0.1) is 16.9 Å².